The summed E-state index contributed by atoms with van der Waals surface area (Å²) in [6, 6.07) is 10.6. The first-order valence-corrected chi connectivity index (χ1v) is 8.37. The Labute approximate surface area is 159 Å². The van der Waals surface area contributed by atoms with Crippen molar-refractivity contribution in [2.24, 2.45) is 0 Å². The molecule has 0 saturated heterocycles. The molecule has 0 unspecified atom stereocenters. The van der Waals surface area contributed by atoms with E-state index in [2.05, 4.69) is 10.6 Å². The van der Waals surface area contributed by atoms with Crippen LogP contribution in [0.4, 0.5) is 18.9 Å². The molecular weight excluding hydrogens is 377 g/mol. The number of carbonyl (C=O) groups is 2. The van der Waals surface area contributed by atoms with Gasteiger partial charge in [-0.2, -0.15) is 13.2 Å². The van der Waals surface area contributed by atoms with Crippen LogP contribution in [-0.2, 0) is 15.8 Å². The lowest BCUT2D eigenvalue weighted by Gasteiger charge is -2.11. The zero-order valence-electron chi connectivity index (χ0n) is 15.0. The predicted molar refractivity (Wildman–Crippen MR) is 96.2 cm³/mol. The average Bonchev–Trinajstić information content (AvgIpc) is 2.65. The van der Waals surface area contributed by atoms with Gasteiger partial charge in [0.2, 0.25) is 0 Å². The second-order valence-corrected chi connectivity index (χ2v) is 5.63. The highest BCUT2D eigenvalue weighted by Gasteiger charge is 2.30. The molecule has 0 aliphatic rings. The van der Waals surface area contributed by atoms with E-state index in [9.17, 15) is 22.8 Å². The molecule has 0 aromatic heterocycles. The van der Waals surface area contributed by atoms with Gasteiger partial charge in [0.25, 0.3) is 11.8 Å². The molecular formula is C19H19F3N2O4. The molecule has 0 fully saturated rings. The average molecular weight is 396 g/mol. The van der Waals surface area contributed by atoms with E-state index in [-0.39, 0.29) is 18.3 Å². The topological polar surface area (TPSA) is 76.7 Å². The lowest BCUT2D eigenvalue weighted by atomic mass is 10.2. The van der Waals surface area contributed by atoms with Crippen molar-refractivity contribution in [1.82, 2.24) is 5.32 Å². The Morgan fingerprint density at radius 2 is 1.54 bits per heavy atom. The number of rotatable bonds is 8. The monoisotopic (exact) mass is 396 g/mol. The van der Waals surface area contributed by atoms with Gasteiger partial charge < -0.3 is 20.1 Å². The summed E-state index contributed by atoms with van der Waals surface area (Å²) < 4.78 is 48.5. The molecule has 2 amide bonds. The number of nitrogens with one attached hydrogen (secondary N) is 2. The van der Waals surface area contributed by atoms with Crippen LogP contribution in [0.1, 0.15) is 12.5 Å². The van der Waals surface area contributed by atoms with Gasteiger partial charge in [0.05, 0.1) is 5.56 Å². The third kappa shape index (κ3) is 6.82. The molecule has 0 aliphatic carbocycles. The molecule has 28 heavy (non-hydrogen) atoms. The van der Waals surface area contributed by atoms with E-state index in [1.54, 1.807) is 25.1 Å². The Bertz CT molecular complexity index is 825. The quantitative estimate of drug-likeness (QED) is 0.718. The van der Waals surface area contributed by atoms with Crippen LogP contribution in [0.2, 0.25) is 0 Å². The maximum absolute atomic E-state index is 12.7. The van der Waals surface area contributed by atoms with Crippen LogP contribution in [0.15, 0.2) is 48.5 Å². The van der Waals surface area contributed by atoms with Crippen molar-refractivity contribution in [2.75, 3.05) is 25.1 Å². The largest absolute Gasteiger partial charge is 0.484 e. The van der Waals surface area contributed by atoms with Crippen LogP contribution < -0.4 is 20.1 Å². The van der Waals surface area contributed by atoms with Crippen molar-refractivity contribution in [2.45, 2.75) is 13.1 Å². The Morgan fingerprint density at radius 3 is 2.18 bits per heavy atom. The fraction of sp³-hybridized carbons (Fsp3) is 0.263. The molecule has 0 heterocycles. The van der Waals surface area contributed by atoms with E-state index in [0.717, 1.165) is 12.1 Å². The molecule has 2 aromatic carbocycles. The van der Waals surface area contributed by atoms with Crippen LogP contribution in [0.5, 0.6) is 11.5 Å². The maximum atomic E-state index is 12.7. The van der Waals surface area contributed by atoms with Crippen LogP contribution in [-0.4, -0.2) is 31.6 Å². The zero-order chi connectivity index (χ0) is 20.6. The van der Waals surface area contributed by atoms with Gasteiger partial charge in [-0.05, 0) is 37.3 Å². The van der Waals surface area contributed by atoms with E-state index < -0.39 is 24.3 Å². The van der Waals surface area contributed by atoms with Crippen molar-refractivity contribution in [3.8, 4) is 11.5 Å². The third-order valence-corrected chi connectivity index (χ3v) is 3.39. The number of anilines is 1. The summed E-state index contributed by atoms with van der Waals surface area (Å²) in [5.74, 6) is -0.517. The minimum atomic E-state index is -4.49. The molecule has 0 atom stereocenters. The summed E-state index contributed by atoms with van der Waals surface area (Å²) in [6.45, 7) is 1.65. The number of hydrogen-bond acceptors (Lipinski definition) is 4. The van der Waals surface area contributed by atoms with Gasteiger partial charge in [0.15, 0.2) is 13.2 Å². The predicted octanol–water partition coefficient (Wildman–Crippen LogP) is 3.24. The smallest absolute Gasteiger partial charge is 0.416 e. The fourth-order valence-corrected chi connectivity index (χ4v) is 2.17. The first kappa shape index (κ1) is 21.1. The van der Waals surface area contributed by atoms with Gasteiger partial charge in [-0.3, -0.25) is 9.59 Å². The fourth-order valence-electron chi connectivity index (χ4n) is 2.17. The summed E-state index contributed by atoms with van der Waals surface area (Å²) in [5.41, 5.74) is -0.464. The van der Waals surface area contributed by atoms with Crippen LogP contribution in [0.25, 0.3) is 0 Å². The number of hydrogen-bond donors (Lipinski definition) is 2. The normalized spacial score (nSPS) is 10.9. The molecule has 2 aromatic rings. The van der Waals surface area contributed by atoms with Gasteiger partial charge in [0, 0.05) is 18.3 Å². The Hall–Kier alpha value is -3.23. The molecule has 0 aliphatic heterocycles. The highest BCUT2D eigenvalue weighted by molar-refractivity contribution is 5.92. The van der Waals surface area contributed by atoms with Crippen LogP contribution in [0.3, 0.4) is 0 Å². The second-order valence-electron chi connectivity index (χ2n) is 5.63. The summed E-state index contributed by atoms with van der Waals surface area (Å²) in [7, 11) is 0. The summed E-state index contributed by atoms with van der Waals surface area (Å²) in [6.07, 6.45) is -4.49. The molecule has 2 rings (SSSR count). The molecule has 6 nitrogen and oxygen atoms in total. The maximum Gasteiger partial charge on any atom is 0.416 e. The standard InChI is InChI=1S/C19H19F3N2O4/c1-2-23-17(25)11-27-16-8-4-6-14(10-16)24-18(26)12-28-15-7-3-5-13(9-15)19(20,21)22/h3-10H,2,11-12H2,1H3,(H,23,25)(H,24,26). The number of halogens is 3. The zero-order valence-corrected chi connectivity index (χ0v) is 15.0. The minimum Gasteiger partial charge on any atom is -0.484 e. The molecule has 9 heteroatoms. The molecule has 2 N–H and O–H groups in total. The van der Waals surface area contributed by atoms with E-state index in [0.29, 0.717) is 18.0 Å². The lowest BCUT2D eigenvalue weighted by molar-refractivity contribution is -0.137. The summed E-state index contributed by atoms with van der Waals surface area (Å²) in [4.78, 5) is 23.4. The number of alkyl halides is 3. The van der Waals surface area contributed by atoms with Gasteiger partial charge in [-0.15, -0.1) is 0 Å². The first-order chi connectivity index (χ1) is 13.3. The minimum absolute atomic E-state index is 0.0657. The highest BCUT2D eigenvalue weighted by atomic mass is 19.4. The van der Waals surface area contributed by atoms with Crippen molar-refractivity contribution >= 4 is 17.5 Å². The number of ether oxygens (including phenoxy) is 2. The lowest BCUT2D eigenvalue weighted by Crippen LogP contribution is -2.28. The van der Waals surface area contributed by atoms with Crippen LogP contribution in [0, 0.1) is 0 Å². The SMILES string of the molecule is CCNC(=O)COc1cccc(NC(=O)COc2cccc(C(F)(F)F)c2)c1. The highest BCUT2D eigenvalue weighted by Crippen LogP contribution is 2.31. The second kappa shape index (κ2) is 9.63. The summed E-state index contributed by atoms with van der Waals surface area (Å²) >= 11 is 0. The first-order valence-electron chi connectivity index (χ1n) is 8.37. The Balaban J connectivity index is 1.88. The van der Waals surface area contributed by atoms with E-state index in [4.69, 9.17) is 9.47 Å². The number of likely N-dealkylation sites (N-methyl/N-ethyl adjacent to an activating group) is 1. The molecule has 0 radical (unpaired) electrons. The van der Waals surface area contributed by atoms with Gasteiger partial charge >= 0.3 is 6.18 Å². The molecule has 0 saturated carbocycles. The van der Waals surface area contributed by atoms with Crippen molar-refractivity contribution in [1.29, 1.82) is 0 Å². The van der Waals surface area contributed by atoms with E-state index in [1.165, 1.54) is 18.2 Å². The van der Waals surface area contributed by atoms with E-state index >= 15 is 0 Å². The third-order valence-electron chi connectivity index (χ3n) is 3.39. The van der Waals surface area contributed by atoms with Gasteiger partial charge in [0.1, 0.15) is 11.5 Å². The van der Waals surface area contributed by atoms with Crippen LogP contribution >= 0.6 is 0 Å². The Morgan fingerprint density at radius 1 is 0.929 bits per heavy atom. The number of amides is 2. The molecule has 150 valence electrons. The molecule has 0 spiro atoms. The number of benzene rings is 2. The molecule has 0 bridgehead atoms. The van der Waals surface area contributed by atoms with Gasteiger partial charge in [-0.1, -0.05) is 12.1 Å². The summed E-state index contributed by atoms with van der Waals surface area (Å²) in [5, 5.41) is 5.13. The number of carbonyl (C=O) groups excluding carboxylic acids is 2. The van der Waals surface area contributed by atoms with Gasteiger partial charge in [-0.25, -0.2) is 0 Å². The Kier molecular flexibility index (Phi) is 7.25. The van der Waals surface area contributed by atoms with Crippen molar-refractivity contribution in [3.63, 3.8) is 0 Å². The van der Waals surface area contributed by atoms with E-state index in [1.807, 2.05) is 0 Å². The van der Waals surface area contributed by atoms with Crippen molar-refractivity contribution in [3.05, 3.63) is 54.1 Å². The van der Waals surface area contributed by atoms with Crippen molar-refractivity contribution < 1.29 is 32.2 Å².